The summed E-state index contributed by atoms with van der Waals surface area (Å²) in [4.78, 5) is 2.27. The molecule has 4 heteroatoms. The van der Waals surface area contributed by atoms with Crippen LogP contribution >= 0.6 is 15.9 Å². The highest BCUT2D eigenvalue weighted by Gasteiger charge is 2.25. The van der Waals surface area contributed by atoms with Gasteiger partial charge < -0.3 is 4.74 Å². The predicted molar refractivity (Wildman–Crippen MR) is 60.2 cm³/mol. The molecule has 0 bridgehead atoms. The second-order valence-corrected chi connectivity index (χ2v) is 4.65. The van der Waals surface area contributed by atoms with Crippen LogP contribution in [0.1, 0.15) is 5.56 Å². The summed E-state index contributed by atoms with van der Waals surface area (Å²) in [5.74, 6) is -0.211. The third kappa shape index (κ3) is 2.56. The van der Waals surface area contributed by atoms with Gasteiger partial charge in [0.05, 0.1) is 10.6 Å². The number of likely N-dealkylation sites (tertiary alicyclic amines) is 1. The van der Waals surface area contributed by atoms with Crippen molar-refractivity contribution in [2.75, 3.05) is 20.2 Å². The van der Waals surface area contributed by atoms with Crippen LogP contribution in [0.5, 0.6) is 0 Å². The van der Waals surface area contributed by atoms with Gasteiger partial charge in [0.25, 0.3) is 0 Å². The number of rotatable bonds is 3. The van der Waals surface area contributed by atoms with E-state index in [2.05, 4.69) is 20.8 Å². The first kappa shape index (κ1) is 11.0. The number of ether oxygens (including phenoxy) is 1. The van der Waals surface area contributed by atoms with E-state index in [-0.39, 0.29) is 5.82 Å². The van der Waals surface area contributed by atoms with Crippen molar-refractivity contribution >= 4 is 15.9 Å². The highest BCUT2D eigenvalue weighted by Crippen LogP contribution is 2.20. The second-order valence-electron chi connectivity index (χ2n) is 3.80. The van der Waals surface area contributed by atoms with Crippen molar-refractivity contribution in [2.24, 2.45) is 0 Å². The van der Waals surface area contributed by atoms with Crippen LogP contribution in [-0.4, -0.2) is 31.2 Å². The summed E-state index contributed by atoms with van der Waals surface area (Å²) in [6.07, 6.45) is 0.369. The summed E-state index contributed by atoms with van der Waals surface area (Å²) in [6, 6.07) is 5.14. The average molecular weight is 274 g/mol. The Hall–Kier alpha value is -0.450. The Morgan fingerprint density at radius 2 is 2.27 bits per heavy atom. The van der Waals surface area contributed by atoms with Crippen LogP contribution in [0, 0.1) is 5.82 Å². The smallest absolute Gasteiger partial charge is 0.137 e. The molecule has 1 aromatic carbocycles. The molecular formula is C11H13BrFNO. The molecule has 0 atom stereocenters. The van der Waals surface area contributed by atoms with Gasteiger partial charge in [-0.3, -0.25) is 4.90 Å². The maximum Gasteiger partial charge on any atom is 0.137 e. The largest absolute Gasteiger partial charge is 0.379 e. The molecule has 1 aliphatic rings. The molecule has 0 N–H and O–H groups in total. The van der Waals surface area contributed by atoms with Gasteiger partial charge in [-0.2, -0.15) is 0 Å². The monoisotopic (exact) mass is 273 g/mol. The second kappa shape index (κ2) is 4.60. The number of hydrogen-bond donors (Lipinski definition) is 0. The van der Waals surface area contributed by atoms with Crippen LogP contribution in [0.3, 0.4) is 0 Å². The fourth-order valence-electron chi connectivity index (χ4n) is 1.70. The van der Waals surface area contributed by atoms with Crippen molar-refractivity contribution in [3.05, 3.63) is 34.1 Å². The number of nitrogens with zero attached hydrogens (tertiary/aromatic N) is 1. The highest BCUT2D eigenvalue weighted by atomic mass is 79.9. The lowest BCUT2D eigenvalue weighted by Crippen LogP contribution is -2.50. The molecule has 1 heterocycles. The van der Waals surface area contributed by atoms with Crippen LogP contribution in [0.2, 0.25) is 0 Å². The van der Waals surface area contributed by atoms with E-state index in [0.29, 0.717) is 10.6 Å². The van der Waals surface area contributed by atoms with Gasteiger partial charge in [0.2, 0.25) is 0 Å². The molecule has 1 aromatic rings. The van der Waals surface area contributed by atoms with Gasteiger partial charge in [0.15, 0.2) is 0 Å². The quantitative estimate of drug-likeness (QED) is 0.839. The first-order valence-electron chi connectivity index (χ1n) is 4.88. The lowest BCUT2D eigenvalue weighted by Gasteiger charge is -2.38. The van der Waals surface area contributed by atoms with Crippen molar-refractivity contribution in [1.82, 2.24) is 4.90 Å². The third-order valence-corrected chi connectivity index (χ3v) is 3.25. The van der Waals surface area contributed by atoms with E-state index in [1.807, 2.05) is 12.1 Å². The van der Waals surface area contributed by atoms with Gasteiger partial charge in [0.1, 0.15) is 5.82 Å². The molecule has 1 aliphatic heterocycles. The Morgan fingerprint density at radius 1 is 1.53 bits per heavy atom. The van der Waals surface area contributed by atoms with E-state index < -0.39 is 0 Å². The summed E-state index contributed by atoms with van der Waals surface area (Å²) in [7, 11) is 1.73. The highest BCUT2D eigenvalue weighted by molar-refractivity contribution is 9.10. The molecular weight excluding hydrogens is 261 g/mol. The van der Waals surface area contributed by atoms with Gasteiger partial charge >= 0.3 is 0 Å². The fraction of sp³-hybridized carbons (Fsp3) is 0.455. The van der Waals surface area contributed by atoms with Gasteiger partial charge in [-0.1, -0.05) is 6.07 Å². The summed E-state index contributed by atoms with van der Waals surface area (Å²) in [5.41, 5.74) is 1.12. The molecule has 0 radical (unpaired) electrons. The topological polar surface area (TPSA) is 12.5 Å². The summed E-state index contributed by atoms with van der Waals surface area (Å²) >= 11 is 3.18. The third-order valence-electron chi connectivity index (χ3n) is 2.65. The first-order valence-corrected chi connectivity index (χ1v) is 5.67. The van der Waals surface area contributed by atoms with E-state index in [4.69, 9.17) is 4.74 Å². The first-order chi connectivity index (χ1) is 7.19. The van der Waals surface area contributed by atoms with E-state index >= 15 is 0 Å². The Bertz CT molecular complexity index is 352. The standard InChI is InChI=1S/C11H13BrFNO/c1-15-9-6-14(7-9)5-8-2-3-11(13)10(12)4-8/h2-4,9H,5-7H2,1H3. The van der Waals surface area contributed by atoms with E-state index in [9.17, 15) is 4.39 Å². The molecule has 15 heavy (non-hydrogen) atoms. The Balaban J connectivity index is 1.92. The molecule has 0 aliphatic carbocycles. The SMILES string of the molecule is COC1CN(Cc2ccc(F)c(Br)c2)C1. The molecule has 1 saturated heterocycles. The molecule has 2 nitrogen and oxygen atoms in total. The van der Waals surface area contributed by atoms with Gasteiger partial charge in [-0.05, 0) is 33.6 Å². The van der Waals surface area contributed by atoms with Crippen LogP contribution in [0.4, 0.5) is 4.39 Å². The number of hydrogen-bond acceptors (Lipinski definition) is 2. The van der Waals surface area contributed by atoms with Crippen molar-refractivity contribution in [1.29, 1.82) is 0 Å². The minimum Gasteiger partial charge on any atom is -0.379 e. The zero-order valence-electron chi connectivity index (χ0n) is 8.54. The van der Waals surface area contributed by atoms with Gasteiger partial charge in [-0.25, -0.2) is 4.39 Å². The summed E-state index contributed by atoms with van der Waals surface area (Å²) in [5, 5.41) is 0. The van der Waals surface area contributed by atoms with Crippen LogP contribution in [0.25, 0.3) is 0 Å². The van der Waals surface area contributed by atoms with Crippen LogP contribution in [0.15, 0.2) is 22.7 Å². The normalized spacial score (nSPS) is 17.8. The molecule has 0 amide bonds. The number of halogens is 2. The van der Waals surface area contributed by atoms with Crippen molar-refractivity contribution in [2.45, 2.75) is 12.6 Å². The molecule has 0 unspecified atom stereocenters. The summed E-state index contributed by atoms with van der Waals surface area (Å²) in [6.45, 7) is 2.79. The van der Waals surface area contributed by atoms with Crippen molar-refractivity contribution in [3.8, 4) is 0 Å². The molecule has 0 saturated carbocycles. The van der Waals surface area contributed by atoms with E-state index in [1.54, 1.807) is 7.11 Å². The van der Waals surface area contributed by atoms with Crippen molar-refractivity contribution in [3.63, 3.8) is 0 Å². The Kier molecular flexibility index (Phi) is 3.38. The maximum atomic E-state index is 13.0. The zero-order chi connectivity index (χ0) is 10.8. The van der Waals surface area contributed by atoms with Gasteiger partial charge in [-0.15, -0.1) is 0 Å². The molecule has 0 spiro atoms. The summed E-state index contributed by atoms with van der Waals surface area (Å²) < 4.78 is 18.7. The van der Waals surface area contributed by atoms with Gasteiger partial charge in [0, 0.05) is 26.7 Å². The minimum atomic E-state index is -0.211. The maximum absolute atomic E-state index is 13.0. The molecule has 82 valence electrons. The van der Waals surface area contributed by atoms with Crippen LogP contribution in [-0.2, 0) is 11.3 Å². The van der Waals surface area contributed by atoms with Crippen LogP contribution < -0.4 is 0 Å². The van der Waals surface area contributed by atoms with E-state index in [1.165, 1.54) is 6.07 Å². The molecule has 2 rings (SSSR count). The molecule has 0 aromatic heterocycles. The van der Waals surface area contributed by atoms with E-state index in [0.717, 1.165) is 25.2 Å². The number of benzene rings is 1. The van der Waals surface area contributed by atoms with Crippen molar-refractivity contribution < 1.29 is 9.13 Å². The lowest BCUT2D eigenvalue weighted by atomic mass is 10.1. The lowest BCUT2D eigenvalue weighted by molar-refractivity contribution is -0.0334. The Morgan fingerprint density at radius 3 is 2.87 bits per heavy atom. The average Bonchev–Trinajstić information content (AvgIpc) is 2.16. The Labute approximate surface area is 97.2 Å². The minimum absolute atomic E-state index is 0.211. The molecule has 1 fully saturated rings. The number of methoxy groups -OCH3 is 1. The predicted octanol–water partition coefficient (Wildman–Crippen LogP) is 2.42. The fourth-order valence-corrected chi connectivity index (χ4v) is 2.12. The zero-order valence-corrected chi connectivity index (χ0v) is 10.1.